The minimum atomic E-state index is -0.354. The molecule has 0 saturated carbocycles. The minimum Gasteiger partial charge on any atom is -0.387 e. The normalized spacial score (nSPS) is 21.8. The first-order valence-corrected chi connectivity index (χ1v) is 6.94. The third kappa shape index (κ3) is 3.33. The van der Waals surface area contributed by atoms with E-state index >= 15 is 0 Å². The van der Waals surface area contributed by atoms with Crippen LogP contribution in [0.2, 0.25) is 0 Å². The molecule has 1 aliphatic rings. The molecule has 0 aromatic heterocycles. The van der Waals surface area contributed by atoms with E-state index in [0.717, 1.165) is 25.2 Å². The number of aliphatic hydroxyl groups is 1. The predicted molar refractivity (Wildman–Crippen MR) is 75.6 cm³/mol. The van der Waals surface area contributed by atoms with Gasteiger partial charge in [0.2, 0.25) is 0 Å². The quantitative estimate of drug-likeness (QED) is 0.887. The van der Waals surface area contributed by atoms with Crippen LogP contribution in [0.25, 0.3) is 0 Å². The van der Waals surface area contributed by atoms with Gasteiger partial charge in [-0.1, -0.05) is 38.1 Å². The van der Waals surface area contributed by atoms with Crippen LogP contribution in [0.15, 0.2) is 24.3 Å². The van der Waals surface area contributed by atoms with Crippen molar-refractivity contribution in [3.63, 3.8) is 0 Å². The molecule has 0 aliphatic carbocycles. The van der Waals surface area contributed by atoms with Crippen molar-refractivity contribution in [1.29, 1.82) is 0 Å². The Kier molecular flexibility index (Phi) is 4.08. The van der Waals surface area contributed by atoms with Gasteiger partial charge >= 0.3 is 0 Å². The lowest BCUT2D eigenvalue weighted by atomic mass is 9.82. The largest absolute Gasteiger partial charge is 0.387 e. The second-order valence-electron chi connectivity index (χ2n) is 6.34. The molecule has 0 amide bonds. The fraction of sp³-hybridized carbons (Fsp3) is 0.625. The number of β-amino-alcohol motifs (C(OH)–C–C–N with tert-alkyl or cyclic N) is 1. The smallest absolute Gasteiger partial charge is 0.0919 e. The van der Waals surface area contributed by atoms with Crippen LogP contribution in [0.3, 0.4) is 0 Å². The van der Waals surface area contributed by atoms with Crippen LogP contribution in [-0.4, -0.2) is 29.6 Å². The van der Waals surface area contributed by atoms with Crippen molar-refractivity contribution in [3.8, 4) is 0 Å². The molecule has 2 nitrogen and oxygen atoms in total. The lowest BCUT2D eigenvalue weighted by Crippen LogP contribution is -2.39. The fourth-order valence-electron chi connectivity index (χ4n) is 2.64. The highest BCUT2D eigenvalue weighted by Crippen LogP contribution is 2.30. The van der Waals surface area contributed by atoms with Crippen LogP contribution in [0.5, 0.6) is 0 Å². The molecular formula is C16H25NO. The van der Waals surface area contributed by atoms with E-state index in [1.807, 2.05) is 18.2 Å². The molecule has 0 spiro atoms. The zero-order chi connectivity index (χ0) is 13.2. The Hall–Kier alpha value is -0.860. The van der Waals surface area contributed by atoms with E-state index in [2.05, 4.69) is 31.7 Å². The third-order valence-corrected chi connectivity index (χ3v) is 4.19. The first-order valence-electron chi connectivity index (χ1n) is 6.94. The number of piperidine rings is 1. The zero-order valence-corrected chi connectivity index (χ0v) is 11.8. The van der Waals surface area contributed by atoms with Crippen LogP contribution in [0.1, 0.15) is 43.9 Å². The van der Waals surface area contributed by atoms with Crippen molar-refractivity contribution in [2.45, 2.75) is 39.7 Å². The Morgan fingerprint density at radius 3 is 2.44 bits per heavy atom. The van der Waals surface area contributed by atoms with Crippen LogP contribution < -0.4 is 0 Å². The first kappa shape index (κ1) is 13.6. The highest BCUT2D eigenvalue weighted by Gasteiger charge is 2.26. The van der Waals surface area contributed by atoms with E-state index in [1.165, 1.54) is 18.4 Å². The Morgan fingerprint density at radius 1 is 1.22 bits per heavy atom. The Bertz CT molecular complexity index is 390. The molecule has 1 aromatic rings. The van der Waals surface area contributed by atoms with Gasteiger partial charge in [0.1, 0.15) is 0 Å². The summed E-state index contributed by atoms with van der Waals surface area (Å²) >= 11 is 0. The van der Waals surface area contributed by atoms with Gasteiger partial charge in [0, 0.05) is 6.54 Å². The van der Waals surface area contributed by atoms with Gasteiger partial charge in [-0.2, -0.15) is 0 Å². The van der Waals surface area contributed by atoms with Gasteiger partial charge < -0.3 is 10.0 Å². The summed E-state index contributed by atoms with van der Waals surface area (Å²) in [5, 5.41) is 10.3. The number of rotatable bonds is 3. The second-order valence-corrected chi connectivity index (χ2v) is 6.34. The van der Waals surface area contributed by atoms with Crippen molar-refractivity contribution in [3.05, 3.63) is 35.4 Å². The van der Waals surface area contributed by atoms with Gasteiger partial charge in [-0.05, 0) is 49.4 Å². The summed E-state index contributed by atoms with van der Waals surface area (Å²) in [4.78, 5) is 2.39. The van der Waals surface area contributed by atoms with Crippen molar-refractivity contribution in [2.24, 2.45) is 5.41 Å². The standard InChI is InChI=1S/C16H25NO/c1-13-6-4-5-7-14(13)15(18)12-17-10-8-16(2,3)9-11-17/h4-7,15,18H,8-12H2,1-3H3. The van der Waals surface area contributed by atoms with E-state index in [0.29, 0.717) is 5.41 Å². The van der Waals surface area contributed by atoms with E-state index < -0.39 is 0 Å². The number of benzene rings is 1. The maximum atomic E-state index is 10.3. The summed E-state index contributed by atoms with van der Waals surface area (Å²) in [6.07, 6.45) is 2.11. The third-order valence-electron chi connectivity index (χ3n) is 4.19. The summed E-state index contributed by atoms with van der Waals surface area (Å²) in [6.45, 7) is 9.72. The lowest BCUT2D eigenvalue weighted by Gasteiger charge is -2.37. The summed E-state index contributed by atoms with van der Waals surface area (Å²) in [5.41, 5.74) is 2.73. The molecule has 0 bridgehead atoms. The Morgan fingerprint density at radius 2 is 1.83 bits per heavy atom. The van der Waals surface area contributed by atoms with E-state index in [9.17, 15) is 5.11 Å². The van der Waals surface area contributed by atoms with Crippen LogP contribution in [0, 0.1) is 12.3 Å². The average molecular weight is 247 g/mol. The number of hydrogen-bond donors (Lipinski definition) is 1. The summed E-state index contributed by atoms with van der Waals surface area (Å²) in [7, 11) is 0. The molecule has 1 N–H and O–H groups in total. The number of likely N-dealkylation sites (tertiary alicyclic amines) is 1. The van der Waals surface area contributed by atoms with Gasteiger partial charge in [0.05, 0.1) is 6.10 Å². The summed E-state index contributed by atoms with van der Waals surface area (Å²) < 4.78 is 0. The molecule has 1 fully saturated rings. The van der Waals surface area contributed by atoms with Crippen LogP contribution >= 0.6 is 0 Å². The molecular weight excluding hydrogens is 222 g/mol. The molecule has 100 valence electrons. The highest BCUT2D eigenvalue weighted by atomic mass is 16.3. The minimum absolute atomic E-state index is 0.354. The molecule has 2 heteroatoms. The highest BCUT2D eigenvalue weighted by molar-refractivity contribution is 5.27. The predicted octanol–water partition coefficient (Wildman–Crippen LogP) is 3.15. The van der Waals surface area contributed by atoms with E-state index in [4.69, 9.17) is 0 Å². The number of nitrogens with zero attached hydrogens (tertiary/aromatic N) is 1. The Labute approximate surface area is 111 Å². The molecule has 1 unspecified atom stereocenters. The molecule has 1 aromatic carbocycles. The number of aliphatic hydroxyl groups excluding tert-OH is 1. The maximum Gasteiger partial charge on any atom is 0.0919 e. The van der Waals surface area contributed by atoms with Crippen LogP contribution in [0.4, 0.5) is 0 Å². The molecule has 1 atom stereocenters. The van der Waals surface area contributed by atoms with Gasteiger partial charge in [0.15, 0.2) is 0 Å². The topological polar surface area (TPSA) is 23.5 Å². The SMILES string of the molecule is Cc1ccccc1C(O)CN1CCC(C)(C)CC1. The van der Waals surface area contributed by atoms with Gasteiger partial charge in [-0.3, -0.25) is 0 Å². The van der Waals surface area contributed by atoms with Gasteiger partial charge in [-0.15, -0.1) is 0 Å². The van der Waals surface area contributed by atoms with Gasteiger partial charge in [0.25, 0.3) is 0 Å². The molecule has 18 heavy (non-hydrogen) atoms. The number of hydrogen-bond acceptors (Lipinski definition) is 2. The molecule has 1 heterocycles. The average Bonchev–Trinajstić information content (AvgIpc) is 2.32. The molecule has 0 radical (unpaired) electrons. The lowest BCUT2D eigenvalue weighted by molar-refractivity contribution is 0.0701. The second kappa shape index (κ2) is 5.41. The maximum absolute atomic E-state index is 10.3. The molecule has 2 rings (SSSR count). The molecule has 1 aliphatic heterocycles. The van der Waals surface area contributed by atoms with Crippen molar-refractivity contribution < 1.29 is 5.11 Å². The summed E-state index contributed by atoms with van der Waals surface area (Å²) in [5.74, 6) is 0. The van der Waals surface area contributed by atoms with E-state index in [1.54, 1.807) is 0 Å². The monoisotopic (exact) mass is 247 g/mol. The van der Waals surface area contributed by atoms with Crippen LogP contribution in [-0.2, 0) is 0 Å². The summed E-state index contributed by atoms with van der Waals surface area (Å²) in [6, 6.07) is 8.13. The molecule has 1 saturated heterocycles. The van der Waals surface area contributed by atoms with Crippen molar-refractivity contribution in [1.82, 2.24) is 4.90 Å². The zero-order valence-electron chi connectivity index (χ0n) is 11.8. The van der Waals surface area contributed by atoms with E-state index in [-0.39, 0.29) is 6.10 Å². The van der Waals surface area contributed by atoms with Crippen molar-refractivity contribution in [2.75, 3.05) is 19.6 Å². The Balaban J connectivity index is 1.93. The van der Waals surface area contributed by atoms with Gasteiger partial charge in [-0.25, -0.2) is 0 Å². The van der Waals surface area contributed by atoms with Crippen molar-refractivity contribution >= 4 is 0 Å². The fourth-order valence-corrected chi connectivity index (χ4v) is 2.64. The first-order chi connectivity index (χ1) is 8.48. The number of aryl methyl sites for hydroxylation is 1.